The van der Waals surface area contributed by atoms with E-state index in [9.17, 15) is 0 Å². The van der Waals surface area contributed by atoms with Crippen LogP contribution in [0.3, 0.4) is 0 Å². The Hall–Kier alpha value is -4.16. The van der Waals surface area contributed by atoms with E-state index in [1.54, 1.807) is 6.07 Å². The zero-order valence-electron chi connectivity index (χ0n) is 18.3. The van der Waals surface area contributed by atoms with Gasteiger partial charge < -0.3 is 31.5 Å². The van der Waals surface area contributed by atoms with Crippen LogP contribution in [0, 0.1) is 0 Å². The normalized spacial score (nSPS) is 10.5. The number of ether oxygens (including phenoxy) is 1. The lowest BCUT2D eigenvalue weighted by atomic mass is 10.1. The number of nitrogens with two attached hydrogens (primary N) is 1. The topological polar surface area (TPSA) is 91.6 Å². The minimum atomic E-state index is -0.0501. The second kappa shape index (κ2) is 10.9. The predicted molar refractivity (Wildman–Crippen MR) is 137 cm³/mol. The number of anilines is 6. The van der Waals surface area contributed by atoms with E-state index in [4.69, 9.17) is 15.6 Å². The molecule has 0 unspecified atom stereocenters. The number of para-hydroxylation sites is 2. The van der Waals surface area contributed by atoms with Crippen LogP contribution in [0.4, 0.5) is 34.1 Å². The molecule has 0 aliphatic rings. The number of nitrogens with one attached hydrogen (secondary N) is 3. The van der Waals surface area contributed by atoms with Crippen molar-refractivity contribution in [1.82, 2.24) is 0 Å². The molecule has 0 saturated heterocycles. The lowest BCUT2D eigenvalue weighted by Crippen LogP contribution is -2.07. The fraction of sp³-hybridized carbons (Fsp3) is 0.111. The van der Waals surface area contributed by atoms with Crippen LogP contribution in [-0.4, -0.2) is 18.3 Å². The molecular formula is C27H28N4O2. The Balaban J connectivity index is 1.58. The van der Waals surface area contributed by atoms with Gasteiger partial charge in [0.2, 0.25) is 0 Å². The van der Waals surface area contributed by atoms with Crippen molar-refractivity contribution in [3.8, 4) is 5.75 Å². The predicted octanol–water partition coefficient (Wildman–Crippen LogP) is 5.74. The van der Waals surface area contributed by atoms with Gasteiger partial charge in [-0.25, -0.2) is 0 Å². The molecule has 0 aromatic heterocycles. The summed E-state index contributed by atoms with van der Waals surface area (Å²) in [5, 5.41) is 19.5. The number of aliphatic hydroxyl groups is 1. The highest BCUT2D eigenvalue weighted by Gasteiger charge is 2.07. The second-order valence-corrected chi connectivity index (χ2v) is 7.58. The van der Waals surface area contributed by atoms with Crippen molar-refractivity contribution in [3.05, 3.63) is 103 Å². The minimum absolute atomic E-state index is 0.0501. The van der Waals surface area contributed by atoms with E-state index in [1.165, 1.54) is 0 Å². The Morgan fingerprint density at radius 2 is 1.30 bits per heavy atom. The number of hydrogen-bond donors (Lipinski definition) is 5. The maximum absolute atomic E-state index is 9.10. The third-order valence-corrected chi connectivity index (χ3v) is 4.95. The van der Waals surface area contributed by atoms with E-state index >= 15 is 0 Å². The fourth-order valence-electron chi connectivity index (χ4n) is 3.48. The Bertz CT molecular complexity index is 1110. The number of benzene rings is 4. The summed E-state index contributed by atoms with van der Waals surface area (Å²) in [6.45, 7) is 0.735. The molecule has 6 nitrogen and oxygen atoms in total. The molecule has 0 amide bonds. The first-order valence-electron chi connectivity index (χ1n) is 10.8. The quantitative estimate of drug-likeness (QED) is 0.202. The first-order valence-corrected chi connectivity index (χ1v) is 10.8. The van der Waals surface area contributed by atoms with Crippen LogP contribution in [0.25, 0.3) is 0 Å². The monoisotopic (exact) mass is 440 g/mol. The second-order valence-electron chi connectivity index (χ2n) is 7.58. The van der Waals surface area contributed by atoms with Crippen LogP contribution in [0.1, 0.15) is 5.56 Å². The molecule has 0 aliphatic heterocycles. The number of hydrogen-bond acceptors (Lipinski definition) is 6. The van der Waals surface area contributed by atoms with Crippen molar-refractivity contribution in [1.29, 1.82) is 0 Å². The van der Waals surface area contributed by atoms with E-state index in [-0.39, 0.29) is 13.2 Å². The smallest absolute Gasteiger partial charge is 0.142 e. The highest BCUT2D eigenvalue weighted by atomic mass is 16.5. The number of nitrogen functional groups attached to an aromatic ring is 1. The number of aliphatic hydroxyl groups excluding tert-OH is 1. The molecule has 0 spiro atoms. The first kappa shape index (κ1) is 22.0. The van der Waals surface area contributed by atoms with Crippen molar-refractivity contribution in [3.63, 3.8) is 0 Å². The van der Waals surface area contributed by atoms with Gasteiger partial charge in [-0.05, 0) is 66.2 Å². The molecule has 168 valence electrons. The van der Waals surface area contributed by atoms with Crippen LogP contribution >= 0.6 is 0 Å². The maximum atomic E-state index is 9.10. The van der Waals surface area contributed by atoms with Crippen LogP contribution in [0.15, 0.2) is 97.1 Å². The summed E-state index contributed by atoms with van der Waals surface area (Å²) in [4.78, 5) is 0. The molecule has 0 saturated carbocycles. The van der Waals surface area contributed by atoms with E-state index in [0.29, 0.717) is 18.0 Å². The van der Waals surface area contributed by atoms with Crippen molar-refractivity contribution < 1.29 is 9.84 Å². The van der Waals surface area contributed by atoms with Crippen molar-refractivity contribution in [2.75, 3.05) is 34.9 Å². The van der Waals surface area contributed by atoms with Crippen molar-refractivity contribution in [2.45, 2.75) is 6.54 Å². The average Bonchev–Trinajstić information content (AvgIpc) is 2.83. The minimum Gasteiger partial charge on any atom is -0.489 e. The van der Waals surface area contributed by atoms with Gasteiger partial charge in [0.25, 0.3) is 0 Å². The van der Waals surface area contributed by atoms with Crippen molar-refractivity contribution in [2.24, 2.45) is 0 Å². The van der Waals surface area contributed by atoms with Gasteiger partial charge in [0, 0.05) is 35.0 Å². The van der Waals surface area contributed by atoms with E-state index < -0.39 is 0 Å². The van der Waals surface area contributed by atoms with Gasteiger partial charge in [0.1, 0.15) is 12.4 Å². The largest absolute Gasteiger partial charge is 0.489 e. The summed E-state index contributed by atoms with van der Waals surface area (Å²) in [6.07, 6.45) is 0. The van der Waals surface area contributed by atoms with Gasteiger partial charge in [-0.15, -0.1) is 0 Å². The Labute approximate surface area is 194 Å². The lowest BCUT2D eigenvalue weighted by molar-refractivity contribution is 0.202. The van der Waals surface area contributed by atoms with Gasteiger partial charge in [-0.3, -0.25) is 0 Å². The Morgan fingerprint density at radius 3 is 1.88 bits per heavy atom. The molecule has 0 atom stereocenters. The standard InChI is InChI=1S/C27H28N4O2/c28-21-11-12-27(33-14-13-32)26(17-21)29-19-20-15-24(30-22-7-3-1-4-8-22)18-25(16-20)31-23-9-5-2-6-10-23/h1-12,15-18,29-32H,13-14,19,28H2. The lowest BCUT2D eigenvalue weighted by Gasteiger charge is -2.16. The molecule has 6 heteroatoms. The van der Waals surface area contributed by atoms with Crippen LogP contribution in [0.2, 0.25) is 0 Å². The molecule has 0 aliphatic carbocycles. The van der Waals surface area contributed by atoms with Gasteiger partial charge in [0.15, 0.2) is 0 Å². The van der Waals surface area contributed by atoms with Crippen molar-refractivity contribution >= 4 is 34.1 Å². The molecule has 33 heavy (non-hydrogen) atoms. The Kier molecular flexibility index (Phi) is 7.30. The third kappa shape index (κ3) is 6.41. The van der Waals surface area contributed by atoms with Crippen LogP contribution in [0.5, 0.6) is 5.75 Å². The summed E-state index contributed by atoms with van der Waals surface area (Å²) in [5.74, 6) is 0.652. The fourth-order valence-corrected chi connectivity index (χ4v) is 3.48. The molecule has 0 fully saturated rings. The zero-order chi connectivity index (χ0) is 22.9. The van der Waals surface area contributed by atoms with Gasteiger partial charge >= 0.3 is 0 Å². The van der Waals surface area contributed by atoms with Gasteiger partial charge in [-0.1, -0.05) is 36.4 Å². The third-order valence-electron chi connectivity index (χ3n) is 4.95. The molecule has 4 aromatic rings. The van der Waals surface area contributed by atoms with Gasteiger partial charge in [-0.2, -0.15) is 0 Å². The van der Waals surface area contributed by atoms with Crippen LogP contribution < -0.4 is 26.4 Å². The molecule has 6 N–H and O–H groups in total. The first-order chi connectivity index (χ1) is 16.2. The van der Waals surface area contributed by atoms with E-state index in [2.05, 4.69) is 34.1 Å². The molecule has 4 rings (SSSR count). The Morgan fingerprint density at radius 1 is 0.697 bits per heavy atom. The summed E-state index contributed by atoms with van der Waals surface area (Å²) in [7, 11) is 0. The molecule has 0 bridgehead atoms. The maximum Gasteiger partial charge on any atom is 0.142 e. The number of rotatable bonds is 10. The summed E-state index contributed by atoms with van der Waals surface area (Å²) in [5.41, 5.74) is 12.5. The molecule has 0 heterocycles. The van der Waals surface area contributed by atoms with E-state index in [0.717, 1.165) is 34.0 Å². The van der Waals surface area contributed by atoms with E-state index in [1.807, 2.05) is 72.8 Å². The summed E-state index contributed by atoms with van der Waals surface area (Å²) in [6, 6.07) is 31.9. The zero-order valence-corrected chi connectivity index (χ0v) is 18.3. The van der Waals surface area contributed by atoms with Crippen LogP contribution in [-0.2, 0) is 6.54 Å². The SMILES string of the molecule is Nc1ccc(OCCO)c(NCc2cc(Nc3ccccc3)cc(Nc3ccccc3)c2)c1. The highest BCUT2D eigenvalue weighted by molar-refractivity contribution is 5.70. The summed E-state index contributed by atoms with van der Waals surface area (Å²) >= 11 is 0. The molecular weight excluding hydrogens is 412 g/mol. The highest BCUT2D eigenvalue weighted by Crippen LogP contribution is 2.29. The molecule has 0 radical (unpaired) electrons. The average molecular weight is 441 g/mol. The molecule has 4 aromatic carbocycles. The summed E-state index contributed by atoms with van der Waals surface area (Å²) < 4.78 is 5.64. The van der Waals surface area contributed by atoms with Gasteiger partial charge in [0.05, 0.1) is 12.3 Å².